The van der Waals surface area contributed by atoms with E-state index in [0.717, 1.165) is 17.2 Å². The van der Waals surface area contributed by atoms with Gasteiger partial charge in [-0.1, -0.05) is 12.1 Å². The number of hydrogen-bond acceptors (Lipinski definition) is 5. The molecular formula is C27H24FN3O5. The summed E-state index contributed by atoms with van der Waals surface area (Å²) >= 11 is 0. The molecule has 2 aliphatic heterocycles. The third kappa shape index (κ3) is 4.13. The third-order valence-corrected chi connectivity index (χ3v) is 6.53. The van der Waals surface area contributed by atoms with Crippen molar-refractivity contribution in [1.29, 1.82) is 0 Å². The Hall–Kier alpha value is -4.40. The molecule has 0 radical (unpaired) electrons. The summed E-state index contributed by atoms with van der Waals surface area (Å²) < 4.78 is 24.4. The van der Waals surface area contributed by atoms with Crippen molar-refractivity contribution in [3.8, 4) is 22.6 Å². The van der Waals surface area contributed by atoms with E-state index in [1.165, 1.54) is 28.0 Å². The summed E-state index contributed by atoms with van der Waals surface area (Å²) in [6.45, 7) is 0.416. The smallest absolute Gasteiger partial charge is 0.256 e. The standard InChI is InChI=1S/C27H24FN3O5/c1-35-19-7-8-20(24(14-19)36-2)16-6-9-22-21(13-16)27(34)31-11-10-30(15-23(31)25(32)29-22)26(33)17-4-3-5-18(28)12-17/h3-9,12-14,23H,10-11,15H2,1-2H3,(H,29,32). The molecule has 1 saturated heterocycles. The predicted octanol–water partition coefficient (Wildman–Crippen LogP) is 3.43. The van der Waals surface area contributed by atoms with Crippen molar-refractivity contribution in [2.45, 2.75) is 6.04 Å². The first-order valence-electron chi connectivity index (χ1n) is 11.4. The first-order chi connectivity index (χ1) is 17.4. The minimum absolute atomic E-state index is 0.0140. The average molecular weight is 490 g/mol. The van der Waals surface area contributed by atoms with Crippen LogP contribution in [0.2, 0.25) is 0 Å². The average Bonchev–Trinajstić information content (AvgIpc) is 3.01. The number of anilines is 1. The highest BCUT2D eigenvalue weighted by Crippen LogP contribution is 2.36. The Labute approximate surface area is 207 Å². The van der Waals surface area contributed by atoms with Crippen molar-refractivity contribution >= 4 is 23.4 Å². The van der Waals surface area contributed by atoms with Crippen LogP contribution in [0.1, 0.15) is 20.7 Å². The van der Waals surface area contributed by atoms with Crippen molar-refractivity contribution in [2.75, 3.05) is 39.2 Å². The maximum atomic E-state index is 13.6. The lowest BCUT2D eigenvalue weighted by Crippen LogP contribution is -2.59. The van der Waals surface area contributed by atoms with Crippen molar-refractivity contribution in [2.24, 2.45) is 0 Å². The third-order valence-electron chi connectivity index (χ3n) is 6.53. The molecule has 0 aromatic heterocycles. The molecule has 184 valence electrons. The number of amides is 3. The quantitative estimate of drug-likeness (QED) is 0.607. The molecule has 1 N–H and O–H groups in total. The Morgan fingerprint density at radius 1 is 0.972 bits per heavy atom. The summed E-state index contributed by atoms with van der Waals surface area (Å²) in [5.74, 6) is -0.357. The van der Waals surface area contributed by atoms with Gasteiger partial charge >= 0.3 is 0 Å². The van der Waals surface area contributed by atoms with Crippen LogP contribution in [-0.2, 0) is 4.79 Å². The number of fused-ring (bicyclic) bond motifs is 2. The maximum Gasteiger partial charge on any atom is 0.256 e. The number of carbonyl (C=O) groups is 3. The second-order valence-electron chi connectivity index (χ2n) is 8.59. The highest BCUT2D eigenvalue weighted by molar-refractivity contribution is 6.11. The number of methoxy groups -OCH3 is 2. The van der Waals surface area contributed by atoms with Crippen molar-refractivity contribution in [3.05, 3.63) is 77.6 Å². The molecule has 3 amide bonds. The zero-order chi connectivity index (χ0) is 25.4. The second kappa shape index (κ2) is 9.33. The van der Waals surface area contributed by atoms with Gasteiger partial charge in [0.1, 0.15) is 23.4 Å². The molecule has 2 aliphatic rings. The first kappa shape index (κ1) is 23.3. The largest absolute Gasteiger partial charge is 0.497 e. The molecule has 1 fully saturated rings. The predicted molar refractivity (Wildman–Crippen MR) is 131 cm³/mol. The van der Waals surface area contributed by atoms with Crippen LogP contribution in [0.5, 0.6) is 11.5 Å². The summed E-state index contributed by atoms with van der Waals surface area (Å²) in [6.07, 6.45) is 0. The molecule has 2 heterocycles. The van der Waals surface area contributed by atoms with Gasteiger partial charge in [0.25, 0.3) is 11.8 Å². The zero-order valence-corrected chi connectivity index (χ0v) is 19.8. The van der Waals surface area contributed by atoms with Crippen molar-refractivity contribution in [3.63, 3.8) is 0 Å². The van der Waals surface area contributed by atoms with Crippen LogP contribution in [0.4, 0.5) is 10.1 Å². The monoisotopic (exact) mass is 489 g/mol. The van der Waals surface area contributed by atoms with E-state index in [4.69, 9.17) is 9.47 Å². The number of ether oxygens (including phenoxy) is 2. The molecule has 0 bridgehead atoms. The van der Waals surface area contributed by atoms with E-state index in [9.17, 15) is 18.8 Å². The van der Waals surface area contributed by atoms with Crippen LogP contribution in [-0.4, -0.2) is 67.4 Å². The number of nitrogens with one attached hydrogen (secondary N) is 1. The van der Waals surface area contributed by atoms with E-state index in [-0.39, 0.29) is 42.9 Å². The van der Waals surface area contributed by atoms with Crippen molar-refractivity contribution < 1.29 is 28.2 Å². The molecule has 8 nitrogen and oxygen atoms in total. The van der Waals surface area contributed by atoms with E-state index in [2.05, 4.69) is 5.32 Å². The van der Waals surface area contributed by atoms with E-state index in [0.29, 0.717) is 22.7 Å². The SMILES string of the molecule is COc1ccc(-c2ccc3c(c2)C(=O)N2CCN(C(=O)c4cccc(F)c4)CC2C(=O)N3)c(OC)c1. The lowest BCUT2D eigenvalue weighted by Gasteiger charge is -2.39. The minimum atomic E-state index is -0.866. The molecule has 36 heavy (non-hydrogen) atoms. The summed E-state index contributed by atoms with van der Waals surface area (Å²) in [5, 5.41) is 2.84. The number of piperazine rings is 1. The van der Waals surface area contributed by atoms with Gasteiger partial charge in [-0.3, -0.25) is 14.4 Å². The highest BCUT2D eigenvalue weighted by Gasteiger charge is 2.40. The molecule has 1 unspecified atom stereocenters. The van der Waals surface area contributed by atoms with Crippen LogP contribution in [0.25, 0.3) is 11.1 Å². The van der Waals surface area contributed by atoms with Gasteiger partial charge < -0.3 is 24.6 Å². The number of carbonyl (C=O) groups excluding carboxylic acids is 3. The topological polar surface area (TPSA) is 88.2 Å². The molecule has 1 atom stereocenters. The summed E-state index contributed by atoms with van der Waals surface area (Å²) in [7, 11) is 3.13. The fraction of sp³-hybridized carbons (Fsp3) is 0.222. The molecular weight excluding hydrogens is 465 g/mol. The normalized spacial score (nSPS) is 17.0. The van der Waals surface area contributed by atoms with Gasteiger partial charge in [0.05, 0.1) is 32.0 Å². The molecule has 0 aliphatic carbocycles. The minimum Gasteiger partial charge on any atom is -0.497 e. The Morgan fingerprint density at radius 3 is 2.56 bits per heavy atom. The fourth-order valence-electron chi connectivity index (χ4n) is 4.64. The number of hydrogen-bond donors (Lipinski definition) is 1. The maximum absolute atomic E-state index is 13.6. The fourth-order valence-corrected chi connectivity index (χ4v) is 4.64. The molecule has 0 saturated carbocycles. The Balaban J connectivity index is 1.44. The Bertz CT molecular complexity index is 1380. The van der Waals surface area contributed by atoms with Gasteiger partial charge in [-0.25, -0.2) is 4.39 Å². The number of halogens is 1. The van der Waals surface area contributed by atoms with Crippen LogP contribution >= 0.6 is 0 Å². The highest BCUT2D eigenvalue weighted by atomic mass is 19.1. The Kier molecular flexibility index (Phi) is 6.05. The van der Waals surface area contributed by atoms with Gasteiger partial charge in [0.2, 0.25) is 5.91 Å². The number of rotatable bonds is 4. The van der Waals surface area contributed by atoms with Gasteiger partial charge in [0.15, 0.2) is 0 Å². The molecule has 9 heteroatoms. The molecule has 3 aromatic carbocycles. The van der Waals surface area contributed by atoms with Gasteiger partial charge in [-0.2, -0.15) is 0 Å². The number of benzene rings is 3. The summed E-state index contributed by atoms with van der Waals surface area (Å²) in [5.41, 5.74) is 2.47. The molecule has 0 spiro atoms. The summed E-state index contributed by atoms with van der Waals surface area (Å²) in [6, 6.07) is 15.2. The Morgan fingerprint density at radius 2 is 1.81 bits per heavy atom. The van der Waals surface area contributed by atoms with E-state index in [1.807, 2.05) is 6.07 Å². The van der Waals surface area contributed by atoms with Crippen LogP contribution in [0.3, 0.4) is 0 Å². The lowest BCUT2D eigenvalue weighted by molar-refractivity contribution is -0.121. The lowest BCUT2D eigenvalue weighted by atomic mass is 10.00. The van der Waals surface area contributed by atoms with E-state index >= 15 is 0 Å². The second-order valence-corrected chi connectivity index (χ2v) is 8.59. The first-order valence-corrected chi connectivity index (χ1v) is 11.4. The number of nitrogens with zero attached hydrogens (tertiary/aromatic N) is 2. The van der Waals surface area contributed by atoms with Gasteiger partial charge in [-0.15, -0.1) is 0 Å². The molecule has 5 rings (SSSR count). The van der Waals surface area contributed by atoms with E-state index < -0.39 is 11.9 Å². The van der Waals surface area contributed by atoms with Crippen LogP contribution in [0, 0.1) is 5.82 Å². The summed E-state index contributed by atoms with van der Waals surface area (Å²) in [4.78, 5) is 42.6. The van der Waals surface area contributed by atoms with Gasteiger partial charge in [-0.05, 0) is 48.0 Å². The van der Waals surface area contributed by atoms with E-state index in [1.54, 1.807) is 44.6 Å². The van der Waals surface area contributed by atoms with Crippen LogP contribution in [0.15, 0.2) is 60.7 Å². The van der Waals surface area contributed by atoms with Gasteiger partial charge in [0, 0.05) is 30.3 Å². The molecule has 3 aromatic rings. The van der Waals surface area contributed by atoms with Crippen LogP contribution < -0.4 is 14.8 Å². The zero-order valence-electron chi connectivity index (χ0n) is 19.8. The van der Waals surface area contributed by atoms with Crippen molar-refractivity contribution in [1.82, 2.24) is 9.80 Å².